The fraction of sp³-hybridized carbons (Fsp3) is 0.667. The largest absolute Gasteiger partial charge is 0.481 e. The van der Waals surface area contributed by atoms with Crippen LogP contribution in [0, 0.1) is 0 Å². The van der Waals surface area contributed by atoms with Crippen LogP contribution in [0.15, 0.2) is 0 Å². The van der Waals surface area contributed by atoms with Gasteiger partial charge in [0.15, 0.2) is 6.29 Å². The van der Waals surface area contributed by atoms with Crippen molar-refractivity contribution in [2.24, 2.45) is 0 Å². The number of carboxylic acid groups (broad SMARTS) is 1. The van der Waals surface area contributed by atoms with E-state index in [-0.39, 0.29) is 6.42 Å². The van der Waals surface area contributed by atoms with E-state index < -0.39 is 5.97 Å². The van der Waals surface area contributed by atoms with Crippen LogP contribution in [0.2, 0.25) is 0 Å². The highest BCUT2D eigenvalue weighted by atomic mass is 33.1. The number of hydrogen-bond donors (Lipinski definition) is 1. The van der Waals surface area contributed by atoms with Crippen molar-refractivity contribution in [1.82, 2.24) is 0 Å². The number of aliphatic carboxylic acids is 1. The first-order chi connectivity index (χ1) is 5.27. The maximum Gasteiger partial charge on any atom is 0.304 e. The average Bonchev–Trinajstić information content (AvgIpc) is 1.96. The van der Waals surface area contributed by atoms with E-state index in [1.165, 1.54) is 21.6 Å². The summed E-state index contributed by atoms with van der Waals surface area (Å²) in [5.74, 6) is 0.534. The summed E-state index contributed by atoms with van der Waals surface area (Å²) in [6.45, 7) is 0. The zero-order valence-corrected chi connectivity index (χ0v) is 7.54. The molecule has 0 aliphatic heterocycles. The highest BCUT2D eigenvalue weighted by Gasteiger charge is 1.96. The third-order valence-electron chi connectivity index (χ3n) is 0.770. The zero-order chi connectivity index (χ0) is 8.53. The molecule has 0 spiro atoms. The quantitative estimate of drug-likeness (QED) is 0.488. The molecule has 0 bridgehead atoms. The van der Waals surface area contributed by atoms with Crippen LogP contribution in [-0.4, -0.2) is 28.9 Å². The Labute approximate surface area is 73.3 Å². The van der Waals surface area contributed by atoms with Gasteiger partial charge < -0.3 is 5.11 Å². The molecule has 0 aliphatic carbocycles. The van der Waals surface area contributed by atoms with Crippen molar-refractivity contribution in [2.45, 2.75) is 12.8 Å². The number of rotatable bonds is 7. The average molecular weight is 193 g/mol. The van der Waals surface area contributed by atoms with Crippen molar-refractivity contribution in [1.29, 1.82) is 0 Å². The Morgan fingerprint density at radius 2 is 2.00 bits per heavy atom. The zero-order valence-electron chi connectivity index (χ0n) is 5.91. The van der Waals surface area contributed by atoms with Crippen LogP contribution in [0.25, 0.3) is 0 Å². The van der Waals surface area contributed by atoms with Crippen molar-refractivity contribution < 1.29 is 14.7 Å². The molecule has 1 N–H and O–H groups in total. The van der Waals surface area contributed by atoms with Crippen LogP contribution < -0.4 is 0 Å². The molecular formula is C6H9O3S2. The molecule has 5 heteroatoms. The number of hydrogen-bond acceptors (Lipinski definition) is 4. The molecule has 0 rings (SSSR count). The summed E-state index contributed by atoms with van der Waals surface area (Å²) >= 11 is 0. The molecule has 0 heterocycles. The molecule has 0 saturated carbocycles. The summed E-state index contributed by atoms with van der Waals surface area (Å²) in [7, 11) is 2.99. The van der Waals surface area contributed by atoms with Crippen LogP contribution in [0.1, 0.15) is 12.8 Å². The molecule has 0 unspecified atom stereocenters. The smallest absolute Gasteiger partial charge is 0.304 e. The van der Waals surface area contributed by atoms with E-state index in [9.17, 15) is 9.59 Å². The topological polar surface area (TPSA) is 54.4 Å². The van der Waals surface area contributed by atoms with E-state index in [0.717, 1.165) is 0 Å². The number of carbonyl (C=O) groups is 1. The number of carbonyl (C=O) groups excluding carboxylic acids is 1. The van der Waals surface area contributed by atoms with E-state index in [1.54, 1.807) is 6.29 Å². The van der Waals surface area contributed by atoms with Crippen LogP contribution in [-0.2, 0) is 9.59 Å². The van der Waals surface area contributed by atoms with Crippen molar-refractivity contribution in [3.8, 4) is 0 Å². The lowest BCUT2D eigenvalue weighted by molar-refractivity contribution is -0.136. The monoisotopic (exact) mass is 193 g/mol. The van der Waals surface area contributed by atoms with Crippen molar-refractivity contribution >= 4 is 33.8 Å². The van der Waals surface area contributed by atoms with Crippen LogP contribution >= 0.6 is 21.6 Å². The lowest BCUT2D eigenvalue weighted by atomic mass is 10.5. The molecule has 11 heavy (non-hydrogen) atoms. The van der Waals surface area contributed by atoms with E-state index in [2.05, 4.69) is 0 Å². The molecule has 0 aliphatic rings. The lowest BCUT2D eigenvalue weighted by Crippen LogP contribution is -1.94. The minimum Gasteiger partial charge on any atom is -0.481 e. The predicted molar refractivity (Wildman–Crippen MR) is 47.5 cm³/mol. The van der Waals surface area contributed by atoms with Gasteiger partial charge in [0.05, 0.1) is 6.42 Å². The van der Waals surface area contributed by atoms with Crippen LogP contribution in [0.4, 0.5) is 0 Å². The van der Waals surface area contributed by atoms with Gasteiger partial charge in [-0.3, -0.25) is 9.59 Å². The Balaban J connectivity index is 2.90. The van der Waals surface area contributed by atoms with Gasteiger partial charge in [-0.25, -0.2) is 0 Å². The lowest BCUT2D eigenvalue weighted by Gasteiger charge is -1.94. The summed E-state index contributed by atoms with van der Waals surface area (Å²) in [6, 6.07) is 0. The van der Waals surface area contributed by atoms with Gasteiger partial charge in [0.1, 0.15) is 0 Å². The Morgan fingerprint density at radius 1 is 1.36 bits per heavy atom. The maximum absolute atomic E-state index is 10.0. The minimum atomic E-state index is -0.778. The first-order valence-electron chi connectivity index (χ1n) is 3.08. The first-order valence-corrected chi connectivity index (χ1v) is 5.57. The molecule has 1 radical (unpaired) electrons. The van der Waals surface area contributed by atoms with Gasteiger partial charge in [0, 0.05) is 17.9 Å². The summed E-state index contributed by atoms with van der Waals surface area (Å²) in [4.78, 5) is 19.7. The van der Waals surface area contributed by atoms with Gasteiger partial charge in [-0.2, -0.15) is 0 Å². The van der Waals surface area contributed by atoms with E-state index in [0.29, 0.717) is 17.9 Å². The minimum absolute atomic E-state index is 0.183. The van der Waals surface area contributed by atoms with Crippen molar-refractivity contribution in [3.05, 3.63) is 0 Å². The second-order valence-electron chi connectivity index (χ2n) is 1.68. The Bertz CT molecular complexity index is 127. The molecule has 0 amide bonds. The summed E-state index contributed by atoms with van der Waals surface area (Å²) < 4.78 is 0. The summed E-state index contributed by atoms with van der Waals surface area (Å²) in [5, 5.41) is 8.23. The van der Waals surface area contributed by atoms with Gasteiger partial charge in [-0.15, -0.1) is 0 Å². The maximum atomic E-state index is 10.0. The Morgan fingerprint density at radius 3 is 2.55 bits per heavy atom. The Kier molecular flexibility index (Phi) is 7.83. The van der Waals surface area contributed by atoms with Crippen molar-refractivity contribution in [3.63, 3.8) is 0 Å². The van der Waals surface area contributed by atoms with E-state index in [1.807, 2.05) is 0 Å². The normalized spacial score (nSPS) is 9.45. The standard InChI is InChI=1S/C6H9O3S2/c7-3-1-4-10-11-5-2-6(8)9/h1-2,4-5H2,(H,8,9). The van der Waals surface area contributed by atoms with Gasteiger partial charge in [-0.05, 0) is 0 Å². The molecule has 0 aromatic carbocycles. The third kappa shape index (κ3) is 9.84. The van der Waals surface area contributed by atoms with Crippen molar-refractivity contribution in [2.75, 3.05) is 11.5 Å². The highest BCUT2D eigenvalue weighted by Crippen LogP contribution is 2.21. The van der Waals surface area contributed by atoms with Gasteiger partial charge in [0.25, 0.3) is 0 Å². The fourth-order valence-corrected chi connectivity index (χ4v) is 2.20. The van der Waals surface area contributed by atoms with E-state index >= 15 is 0 Å². The Hall–Kier alpha value is -0.160. The first kappa shape index (κ1) is 10.8. The molecule has 0 aromatic heterocycles. The molecule has 3 nitrogen and oxygen atoms in total. The second-order valence-corrected chi connectivity index (χ2v) is 4.38. The molecular weight excluding hydrogens is 184 g/mol. The number of carboxylic acids is 1. The van der Waals surface area contributed by atoms with Crippen LogP contribution in [0.5, 0.6) is 0 Å². The van der Waals surface area contributed by atoms with Gasteiger partial charge in [0.2, 0.25) is 0 Å². The fourth-order valence-electron chi connectivity index (χ4n) is 0.330. The van der Waals surface area contributed by atoms with Crippen LogP contribution in [0.3, 0.4) is 0 Å². The molecule has 63 valence electrons. The molecule has 0 saturated heterocycles. The highest BCUT2D eigenvalue weighted by molar-refractivity contribution is 8.76. The van der Waals surface area contributed by atoms with Gasteiger partial charge in [-0.1, -0.05) is 21.6 Å². The van der Waals surface area contributed by atoms with Gasteiger partial charge >= 0.3 is 5.97 Å². The predicted octanol–water partition coefficient (Wildman–Crippen LogP) is 1.34. The molecule has 0 atom stereocenters. The summed E-state index contributed by atoms with van der Waals surface area (Å²) in [6.07, 6.45) is 2.37. The summed E-state index contributed by atoms with van der Waals surface area (Å²) in [5.41, 5.74) is 0. The third-order valence-corrected chi connectivity index (χ3v) is 3.18. The molecule has 0 aromatic rings. The second kappa shape index (κ2) is 7.94. The van der Waals surface area contributed by atoms with E-state index in [4.69, 9.17) is 5.11 Å². The molecule has 0 fully saturated rings. The SMILES string of the molecule is O=[C]CCSSCCC(=O)O.